The van der Waals surface area contributed by atoms with Gasteiger partial charge in [-0.2, -0.15) is 4.31 Å². The van der Waals surface area contributed by atoms with Crippen molar-refractivity contribution in [1.29, 1.82) is 0 Å². The molecular formula is C19H31NO6S2. The van der Waals surface area contributed by atoms with Gasteiger partial charge in [-0.25, -0.2) is 16.8 Å². The molecule has 0 spiro atoms. The normalized spacial score (nSPS) is 42.7. The molecule has 6 atom stereocenters. The Morgan fingerprint density at radius 3 is 2.07 bits per heavy atom. The zero-order chi connectivity index (χ0) is 19.5. The molecule has 6 unspecified atom stereocenters. The first-order valence-electron chi connectivity index (χ1n) is 10.8. The fraction of sp³-hybridized carbons (Fsp3) is 1.00. The molecule has 3 saturated carbocycles. The topological polar surface area (TPSA) is 90.0 Å². The van der Waals surface area contributed by atoms with Gasteiger partial charge in [0.25, 0.3) is 0 Å². The van der Waals surface area contributed by atoms with Crippen molar-refractivity contribution < 1.29 is 26.3 Å². The maximum Gasteiger partial charge on any atom is 0.217 e. The third-order valence-corrected chi connectivity index (χ3v) is 12.8. The Morgan fingerprint density at radius 2 is 1.32 bits per heavy atom. The van der Waals surface area contributed by atoms with Gasteiger partial charge in [-0.3, -0.25) is 0 Å². The second kappa shape index (κ2) is 7.18. The highest BCUT2D eigenvalue weighted by atomic mass is 32.2. The Balaban J connectivity index is 1.26. The van der Waals surface area contributed by atoms with Gasteiger partial charge in [-0.05, 0) is 63.7 Å². The van der Waals surface area contributed by atoms with E-state index in [1.54, 1.807) is 4.31 Å². The van der Waals surface area contributed by atoms with Crippen molar-refractivity contribution in [2.45, 2.75) is 91.8 Å². The van der Waals surface area contributed by atoms with Crippen molar-refractivity contribution in [2.75, 3.05) is 19.8 Å². The van der Waals surface area contributed by atoms with E-state index in [1.165, 1.54) is 0 Å². The zero-order valence-electron chi connectivity index (χ0n) is 16.2. The lowest BCUT2D eigenvalue weighted by Gasteiger charge is -2.41. The number of rotatable bonds is 4. The number of sulfonamides is 1. The number of nitrogens with zero attached hydrogens (tertiary/aromatic N) is 1. The van der Waals surface area contributed by atoms with Crippen molar-refractivity contribution >= 4 is 19.9 Å². The Hall–Kier alpha value is -0.220. The summed E-state index contributed by atoms with van der Waals surface area (Å²) >= 11 is 0. The highest BCUT2D eigenvalue weighted by Crippen LogP contribution is 2.44. The van der Waals surface area contributed by atoms with E-state index in [-0.39, 0.29) is 39.9 Å². The van der Waals surface area contributed by atoms with Gasteiger partial charge in [-0.15, -0.1) is 0 Å². The average Bonchev–Trinajstić information content (AvgIpc) is 3.47. The van der Waals surface area contributed by atoms with Crippen LogP contribution in [0.3, 0.4) is 0 Å². The average molecular weight is 434 g/mol. The van der Waals surface area contributed by atoms with Gasteiger partial charge in [0.15, 0.2) is 9.84 Å². The third kappa shape index (κ3) is 3.35. The molecule has 5 fully saturated rings. The summed E-state index contributed by atoms with van der Waals surface area (Å²) < 4.78 is 65.4. The van der Waals surface area contributed by atoms with E-state index < -0.39 is 19.9 Å². The predicted molar refractivity (Wildman–Crippen MR) is 104 cm³/mol. The largest absolute Gasteiger partial charge is 0.373 e. The molecule has 5 rings (SSSR count). The second-order valence-corrected chi connectivity index (χ2v) is 13.9. The van der Waals surface area contributed by atoms with Gasteiger partial charge in [0.05, 0.1) is 41.2 Å². The highest BCUT2D eigenvalue weighted by molar-refractivity contribution is 7.92. The van der Waals surface area contributed by atoms with E-state index in [0.717, 1.165) is 25.7 Å². The summed E-state index contributed by atoms with van der Waals surface area (Å²) in [5, 5.41) is -0.853. The summed E-state index contributed by atoms with van der Waals surface area (Å²) in [7, 11) is -6.40. The Kier molecular flexibility index (Phi) is 5.06. The van der Waals surface area contributed by atoms with Crippen LogP contribution in [0.25, 0.3) is 0 Å². The smallest absolute Gasteiger partial charge is 0.217 e. The standard InChI is InChI=1S/C19H31NO6S2/c21-27(22,16-4-6-18-19(12-16)26-10-9-25-18)15-3-5-17-13(11-15)7-8-20(17)28(23,24)14-1-2-14/h13-19H,1-12H2. The minimum Gasteiger partial charge on any atom is -0.373 e. The summed E-state index contributed by atoms with van der Waals surface area (Å²) in [5.74, 6) is 0.188. The van der Waals surface area contributed by atoms with Crippen LogP contribution in [-0.2, 0) is 29.3 Å². The lowest BCUT2D eigenvalue weighted by molar-refractivity contribution is -0.153. The summed E-state index contributed by atoms with van der Waals surface area (Å²) in [6.07, 6.45) is 6.14. The molecule has 0 bridgehead atoms. The summed E-state index contributed by atoms with van der Waals surface area (Å²) in [5.41, 5.74) is 0. The van der Waals surface area contributed by atoms with E-state index in [4.69, 9.17) is 9.47 Å². The molecular weight excluding hydrogens is 402 g/mol. The van der Waals surface area contributed by atoms with Crippen molar-refractivity contribution in [1.82, 2.24) is 4.31 Å². The molecule has 5 aliphatic rings. The lowest BCUT2D eigenvalue weighted by Crippen LogP contribution is -2.49. The quantitative estimate of drug-likeness (QED) is 0.667. The molecule has 9 heteroatoms. The second-order valence-electron chi connectivity index (χ2n) is 9.25. The van der Waals surface area contributed by atoms with E-state index in [1.807, 2.05) is 0 Å². The molecule has 2 saturated heterocycles. The summed E-state index contributed by atoms with van der Waals surface area (Å²) in [6.45, 7) is 1.72. The summed E-state index contributed by atoms with van der Waals surface area (Å²) in [4.78, 5) is 0. The first-order valence-corrected chi connectivity index (χ1v) is 13.9. The van der Waals surface area contributed by atoms with Crippen molar-refractivity contribution in [3.8, 4) is 0 Å². The highest BCUT2D eigenvalue weighted by Gasteiger charge is 2.51. The number of fused-ring (bicyclic) bond motifs is 2. The molecule has 0 aromatic heterocycles. The van der Waals surface area contributed by atoms with Crippen LogP contribution in [0, 0.1) is 5.92 Å². The van der Waals surface area contributed by atoms with Crippen LogP contribution in [0.1, 0.15) is 57.8 Å². The maximum absolute atomic E-state index is 13.4. The Bertz CT molecular complexity index is 808. The molecule has 0 aromatic carbocycles. The number of hydrogen-bond donors (Lipinski definition) is 0. The van der Waals surface area contributed by atoms with E-state index in [9.17, 15) is 16.8 Å². The van der Waals surface area contributed by atoms with Gasteiger partial charge in [0.2, 0.25) is 10.0 Å². The summed E-state index contributed by atoms with van der Waals surface area (Å²) in [6, 6.07) is 0.0165. The van der Waals surface area contributed by atoms with Crippen molar-refractivity contribution in [3.63, 3.8) is 0 Å². The maximum atomic E-state index is 13.4. The number of ether oxygens (including phenoxy) is 2. The molecule has 2 heterocycles. The number of hydrogen-bond acceptors (Lipinski definition) is 6. The monoisotopic (exact) mass is 433 g/mol. The molecule has 0 aromatic rings. The fourth-order valence-corrected chi connectivity index (χ4v) is 10.5. The molecule has 0 amide bonds. The first kappa shape index (κ1) is 19.7. The molecule has 7 nitrogen and oxygen atoms in total. The fourth-order valence-electron chi connectivity index (χ4n) is 5.93. The van der Waals surface area contributed by atoms with Gasteiger partial charge in [-0.1, -0.05) is 0 Å². The van der Waals surface area contributed by atoms with Crippen LogP contribution in [-0.4, -0.2) is 74.9 Å². The van der Waals surface area contributed by atoms with E-state index >= 15 is 0 Å². The Labute approximate surface area is 168 Å². The van der Waals surface area contributed by atoms with E-state index in [2.05, 4.69) is 0 Å². The van der Waals surface area contributed by atoms with Crippen molar-refractivity contribution in [2.24, 2.45) is 5.92 Å². The molecule has 28 heavy (non-hydrogen) atoms. The van der Waals surface area contributed by atoms with E-state index in [0.29, 0.717) is 51.9 Å². The Morgan fingerprint density at radius 1 is 0.679 bits per heavy atom. The molecule has 160 valence electrons. The predicted octanol–water partition coefficient (Wildman–Crippen LogP) is 1.47. The van der Waals surface area contributed by atoms with Crippen LogP contribution in [0.15, 0.2) is 0 Å². The van der Waals surface area contributed by atoms with Gasteiger partial charge >= 0.3 is 0 Å². The van der Waals surface area contributed by atoms with Crippen molar-refractivity contribution in [3.05, 3.63) is 0 Å². The SMILES string of the molecule is O=S(=O)(C1CCC2C(CCN2S(=O)(=O)C2CC2)C1)C1CCC2OCCOC2C1. The molecule has 3 aliphatic carbocycles. The van der Waals surface area contributed by atoms with Gasteiger partial charge < -0.3 is 9.47 Å². The minimum absolute atomic E-state index is 0.0165. The van der Waals surface area contributed by atoms with Gasteiger partial charge in [0, 0.05) is 12.6 Å². The van der Waals surface area contributed by atoms with Crippen LogP contribution >= 0.6 is 0 Å². The molecule has 0 radical (unpaired) electrons. The number of sulfone groups is 1. The van der Waals surface area contributed by atoms with Crippen LogP contribution in [0.5, 0.6) is 0 Å². The molecule has 2 aliphatic heterocycles. The lowest BCUT2D eigenvalue weighted by atomic mass is 9.85. The zero-order valence-corrected chi connectivity index (χ0v) is 17.9. The molecule has 0 N–H and O–H groups in total. The minimum atomic E-state index is -3.23. The first-order chi connectivity index (χ1) is 13.4. The van der Waals surface area contributed by atoms with Crippen LogP contribution in [0.2, 0.25) is 0 Å². The van der Waals surface area contributed by atoms with Crippen LogP contribution in [0.4, 0.5) is 0 Å². The third-order valence-electron chi connectivity index (χ3n) is 7.62. The van der Waals surface area contributed by atoms with Gasteiger partial charge in [0.1, 0.15) is 0 Å². The van der Waals surface area contributed by atoms with Crippen LogP contribution < -0.4 is 0 Å².